The normalized spacial score (nSPS) is 12.4. The van der Waals surface area contributed by atoms with Crippen LogP contribution in [0.3, 0.4) is 0 Å². The van der Waals surface area contributed by atoms with Crippen LogP contribution in [0.15, 0.2) is 48.5 Å². The lowest BCUT2D eigenvalue weighted by Gasteiger charge is -2.19. The highest BCUT2D eigenvalue weighted by molar-refractivity contribution is 6.30. The summed E-state index contributed by atoms with van der Waals surface area (Å²) in [7, 11) is 0. The topological polar surface area (TPSA) is 38.0 Å². The Morgan fingerprint density at radius 3 is 2.53 bits per heavy atom. The first-order chi connectivity index (χ1) is 8.22. The molecule has 0 radical (unpaired) electrons. The lowest BCUT2D eigenvalue weighted by molar-refractivity contribution is 0.634. The van der Waals surface area contributed by atoms with Gasteiger partial charge in [0.25, 0.3) is 0 Å². The van der Waals surface area contributed by atoms with Crippen LogP contribution in [0.25, 0.3) is 0 Å². The van der Waals surface area contributed by atoms with E-state index >= 15 is 0 Å². The monoisotopic (exact) mass is 246 g/mol. The summed E-state index contributed by atoms with van der Waals surface area (Å²) in [5.74, 6) is 5.66. The average Bonchev–Trinajstić information content (AvgIpc) is 2.33. The average molecular weight is 247 g/mol. The third-order valence-corrected chi connectivity index (χ3v) is 3.08. The minimum atomic E-state index is -0.0325. The highest BCUT2D eigenvalue weighted by Gasteiger charge is 2.14. The Morgan fingerprint density at radius 1 is 1.12 bits per heavy atom. The van der Waals surface area contributed by atoms with Gasteiger partial charge in [0.2, 0.25) is 0 Å². The van der Waals surface area contributed by atoms with Crippen LogP contribution in [0, 0.1) is 6.92 Å². The molecule has 0 fully saturated rings. The van der Waals surface area contributed by atoms with Gasteiger partial charge in [-0.3, -0.25) is 5.84 Å². The van der Waals surface area contributed by atoms with Crippen LogP contribution in [0.2, 0.25) is 5.02 Å². The van der Waals surface area contributed by atoms with Crippen molar-refractivity contribution in [3.8, 4) is 0 Å². The van der Waals surface area contributed by atoms with E-state index in [2.05, 4.69) is 24.5 Å². The Bertz CT molecular complexity index is 511. The number of aryl methyl sites for hydroxylation is 1. The molecule has 2 aromatic carbocycles. The summed E-state index contributed by atoms with van der Waals surface area (Å²) < 4.78 is 0. The Hall–Kier alpha value is -1.35. The number of halogens is 1. The van der Waals surface area contributed by atoms with Crippen LogP contribution < -0.4 is 11.3 Å². The second kappa shape index (κ2) is 5.32. The molecule has 2 rings (SSSR count). The molecular formula is C14H15ClN2. The first-order valence-electron chi connectivity index (χ1n) is 5.49. The van der Waals surface area contributed by atoms with E-state index in [-0.39, 0.29) is 6.04 Å². The van der Waals surface area contributed by atoms with Gasteiger partial charge in [0.15, 0.2) is 0 Å². The molecule has 1 atom stereocenters. The number of nitrogens with one attached hydrogen (secondary N) is 1. The lowest BCUT2D eigenvalue weighted by atomic mass is 9.96. The van der Waals surface area contributed by atoms with E-state index in [1.165, 1.54) is 5.56 Å². The maximum absolute atomic E-state index is 6.00. The standard InChI is InChI=1S/C14H15ClN2/c1-10-5-2-3-8-13(10)14(17-16)11-6-4-7-12(15)9-11/h2-9,14,17H,16H2,1H3. The van der Waals surface area contributed by atoms with Gasteiger partial charge in [-0.25, -0.2) is 5.43 Å². The summed E-state index contributed by atoms with van der Waals surface area (Å²) in [6, 6.07) is 15.9. The van der Waals surface area contributed by atoms with Crippen LogP contribution in [0.5, 0.6) is 0 Å². The third kappa shape index (κ3) is 2.67. The lowest BCUT2D eigenvalue weighted by Crippen LogP contribution is -2.29. The van der Waals surface area contributed by atoms with Crippen LogP contribution in [0.1, 0.15) is 22.7 Å². The molecule has 2 nitrogen and oxygen atoms in total. The Balaban J connectivity index is 2.44. The number of nitrogens with two attached hydrogens (primary N) is 1. The second-order valence-corrected chi connectivity index (χ2v) is 4.45. The molecule has 1 unspecified atom stereocenters. The summed E-state index contributed by atoms with van der Waals surface area (Å²) in [6.07, 6.45) is 0. The molecule has 3 heteroatoms. The van der Waals surface area contributed by atoms with Gasteiger partial charge in [0.05, 0.1) is 6.04 Å². The zero-order chi connectivity index (χ0) is 12.3. The summed E-state index contributed by atoms with van der Waals surface area (Å²) in [5.41, 5.74) is 6.28. The molecule has 0 heterocycles. The highest BCUT2D eigenvalue weighted by atomic mass is 35.5. The number of hydrogen-bond donors (Lipinski definition) is 2. The maximum Gasteiger partial charge on any atom is 0.0713 e. The molecule has 0 saturated heterocycles. The molecule has 3 N–H and O–H groups in total. The van der Waals surface area contributed by atoms with Crippen LogP contribution in [-0.4, -0.2) is 0 Å². The van der Waals surface area contributed by atoms with Crippen molar-refractivity contribution in [2.24, 2.45) is 5.84 Å². The summed E-state index contributed by atoms with van der Waals surface area (Å²) in [4.78, 5) is 0. The number of benzene rings is 2. The fraction of sp³-hybridized carbons (Fsp3) is 0.143. The van der Waals surface area contributed by atoms with E-state index in [9.17, 15) is 0 Å². The number of rotatable bonds is 3. The van der Waals surface area contributed by atoms with Crippen molar-refractivity contribution in [2.75, 3.05) is 0 Å². The predicted molar refractivity (Wildman–Crippen MR) is 71.8 cm³/mol. The minimum Gasteiger partial charge on any atom is -0.271 e. The van der Waals surface area contributed by atoms with E-state index in [1.54, 1.807) is 0 Å². The smallest absolute Gasteiger partial charge is 0.0713 e. The molecule has 88 valence electrons. The first kappa shape index (κ1) is 12.1. The van der Waals surface area contributed by atoms with E-state index in [1.807, 2.05) is 36.4 Å². The van der Waals surface area contributed by atoms with Gasteiger partial charge in [-0.1, -0.05) is 48.0 Å². The molecule has 0 bridgehead atoms. The number of hydrogen-bond acceptors (Lipinski definition) is 2. The van der Waals surface area contributed by atoms with Crippen molar-refractivity contribution in [1.82, 2.24) is 5.43 Å². The van der Waals surface area contributed by atoms with Crippen molar-refractivity contribution in [3.63, 3.8) is 0 Å². The van der Waals surface area contributed by atoms with Crippen LogP contribution >= 0.6 is 11.6 Å². The highest BCUT2D eigenvalue weighted by Crippen LogP contribution is 2.25. The Morgan fingerprint density at radius 2 is 1.88 bits per heavy atom. The molecule has 0 aliphatic heterocycles. The van der Waals surface area contributed by atoms with Crippen LogP contribution in [0.4, 0.5) is 0 Å². The molecule has 0 aliphatic rings. The molecule has 0 spiro atoms. The largest absolute Gasteiger partial charge is 0.271 e. The van der Waals surface area contributed by atoms with E-state index in [0.717, 1.165) is 16.1 Å². The third-order valence-electron chi connectivity index (χ3n) is 2.85. The number of hydrazine groups is 1. The van der Waals surface area contributed by atoms with Crippen molar-refractivity contribution in [3.05, 3.63) is 70.2 Å². The second-order valence-electron chi connectivity index (χ2n) is 4.01. The predicted octanol–water partition coefficient (Wildman–Crippen LogP) is 3.20. The van der Waals surface area contributed by atoms with Gasteiger partial charge < -0.3 is 0 Å². The SMILES string of the molecule is Cc1ccccc1C(NN)c1cccc(Cl)c1. The molecule has 17 heavy (non-hydrogen) atoms. The molecule has 0 amide bonds. The minimum absolute atomic E-state index is 0.0325. The Kier molecular flexibility index (Phi) is 3.79. The fourth-order valence-electron chi connectivity index (χ4n) is 1.96. The van der Waals surface area contributed by atoms with Crippen molar-refractivity contribution >= 4 is 11.6 Å². The zero-order valence-electron chi connectivity index (χ0n) is 9.65. The quantitative estimate of drug-likeness (QED) is 0.645. The van der Waals surface area contributed by atoms with E-state index < -0.39 is 0 Å². The fourth-order valence-corrected chi connectivity index (χ4v) is 2.16. The van der Waals surface area contributed by atoms with E-state index in [4.69, 9.17) is 17.4 Å². The Labute approximate surface area is 106 Å². The van der Waals surface area contributed by atoms with Gasteiger partial charge in [0, 0.05) is 5.02 Å². The molecular weight excluding hydrogens is 232 g/mol. The van der Waals surface area contributed by atoms with Crippen molar-refractivity contribution in [2.45, 2.75) is 13.0 Å². The summed E-state index contributed by atoms with van der Waals surface area (Å²) in [6.45, 7) is 2.07. The first-order valence-corrected chi connectivity index (χ1v) is 5.87. The summed E-state index contributed by atoms with van der Waals surface area (Å²) in [5, 5.41) is 0.719. The van der Waals surface area contributed by atoms with Crippen molar-refractivity contribution < 1.29 is 0 Å². The van der Waals surface area contributed by atoms with Gasteiger partial charge in [-0.05, 0) is 35.7 Å². The molecule has 2 aromatic rings. The van der Waals surface area contributed by atoms with Gasteiger partial charge in [-0.2, -0.15) is 0 Å². The maximum atomic E-state index is 6.00. The van der Waals surface area contributed by atoms with Crippen LogP contribution in [-0.2, 0) is 0 Å². The summed E-state index contributed by atoms with van der Waals surface area (Å²) >= 11 is 6.00. The van der Waals surface area contributed by atoms with Gasteiger partial charge in [-0.15, -0.1) is 0 Å². The van der Waals surface area contributed by atoms with Gasteiger partial charge in [0.1, 0.15) is 0 Å². The molecule has 0 aromatic heterocycles. The van der Waals surface area contributed by atoms with E-state index in [0.29, 0.717) is 0 Å². The van der Waals surface area contributed by atoms with Gasteiger partial charge >= 0.3 is 0 Å². The zero-order valence-corrected chi connectivity index (χ0v) is 10.4. The molecule has 0 saturated carbocycles. The van der Waals surface area contributed by atoms with Crippen molar-refractivity contribution in [1.29, 1.82) is 0 Å². The molecule has 0 aliphatic carbocycles.